The lowest BCUT2D eigenvalue weighted by Crippen LogP contribution is -2.65. The molecule has 2 aliphatic rings. The number of ether oxygens (including phenoxy) is 2. The Kier molecular flexibility index (Phi) is 5.81. The molecule has 1 aliphatic heterocycles. The molecule has 3 aromatic rings. The van der Waals surface area contributed by atoms with Crippen LogP contribution in [0.3, 0.4) is 0 Å². The largest absolute Gasteiger partial charge is 0.497 e. The first kappa shape index (κ1) is 22.5. The molecule has 3 heterocycles. The van der Waals surface area contributed by atoms with Crippen molar-refractivity contribution in [3.63, 3.8) is 0 Å². The maximum atomic E-state index is 14.0. The van der Waals surface area contributed by atoms with Gasteiger partial charge in [-0.15, -0.1) is 11.3 Å². The highest BCUT2D eigenvalue weighted by Gasteiger charge is 2.50. The zero-order valence-electron chi connectivity index (χ0n) is 19.5. The number of amides is 2. The van der Waals surface area contributed by atoms with Crippen LogP contribution in [0, 0.1) is 0 Å². The number of fused-ring (bicyclic) bond motifs is 1. The van der Waals surface area contributed by atoms with Crippen molar-refractivity contribution in [2.45, 2.75) is 50.7 Å². The summed E-state index contributed by atoms with van der Waals surface area (Å²) in [5, 5.41) is 9.87. The predicted molar refractivity (Wildman–Crippen MR) is 131 cm³/mol. The van der Waals surface area contributed by atoms with Crippen LogP contribution in [0.2, 0.25) is 0 Å². The summed E-state index contributed by atoms with van der Waals surface area (Å²) in [6.45, 7) is 2.03. The summed E-state index contributed by atoms with van der Waals surface area (Å²) in [5.74, 6) is 0.574. The number of nitrogens with zero attached hydrogens (tertiary/aromatic N) is 3. The lowest BCUT2D eigenvalue weighted by molar-refractivity contribution is -0.127. The van der Waals surface area contributed by atoms with Crippen molar-refractivity contribution in [2.24, 2.45) is 0 Å². The Hall–Kier alpha value is -3.33. The van der Waals surface area contributed by atoms with Crippen molar-refractivity contribution in [1.82, 2.24) is 15.1 Å². The van der Waals surface area contributed by atoms with Gasteiger partial charge in [-0.25, -0.2) is 0 Å². The highest BCUT2D eigenvalue weighted by molar-refractivity contribution is 7.13. The fraction of sp³-hybridized carbons (Fsp3) is 0.400. The summed E-state index contributed by atoms with van der Waals surface area (Å²) >= 11 is 1.56. The van der Waals surface area contributed by atoms with Crippen LogP contribution in [0.5, 0.6) is 11.5 Å². The Morgan fingerprint density at radius 1 is 1.18 bits per heavy atom. The summed E-state index contributed by atoms with van der Waals surface area (Å²) in [5.41, 5.74) is 0.475. The number of benzene rings is 1. The van der Waals surface area contributed by atoms with Gasteiger partial charge in [-0.2, -0.15) is 5.10 Å². The second-order valence-corrected chi connectivity index (χ2v) is 9.90. The summed E-state index contributed by atoms with van der Waals surface area (Å²) in [6.07, 6.45) is 4.11. The summed E-state index contributed by atoms with van der Waals surface area (Å²) in [4.78, 5) is 30.3. The van der Waals surface area contributed by atoms with Crippen LogP contribution >= 0.6 is 11.3 Å². The molecule has 2 aromatic heterocycles. The van der Waals surface area contributed by atoms with Crippen LogP contribution in [0.15, 0.2) is 41.8 Å². The molecule has 0 bridgehead atoms. The molecule has 2 amide bonds. The highest BCUT2D eigenvalue weighted by atomic mass is 32.1. The van der Waals surface area contributed by atoms with E-state index in [1.54, 1.807) is 66.3 Å². The van der Waals surface area contributed by atoms with E-state index in [9.17, 15) is 9.59 Å². The highest BCUT2D eigenvalue weighted by Crippen LogP contribution is 2.41. The molecular weight excluding hydrogens is 452 g/mol. The fourth-order valence-electron chi connectivity index (χ4n) is 4.88. The van der Waals surface area contributed by atoms with Gasteiger partial charge in [0, 0.05) is 12.1 Å². The van der Waals surface area contributed by atoms with Crippen LogP contribution in [0.1, 0.15) is 43.1 Å². The molecular formula is C25H28N4O4S. The van der Waals surface area contributed by atoms with Gasteiger partial charge in [-0.3, -0.25) is 19.2 Å². The molecule has 34 heavy (non-hydrogen) atoms. The van der Waals surface area contributed by atoms with Crippen molar-refractivity contribution < 1.29 is 19.1 Å². The normalized spacial score (nSPS) is 20.3. The van der Waals surface area contributed by atoms with E-state index in [-0.39, 0.29) is 24.4 Å². The van der Waals surface area contributed by atoms with Crippen molar-refractivity contribution >= 4 is 28.8 Å². The minimum Gasteiger partial charge on any atom is -0.497 e. The van der Waals surface area contributed by atoms with Gasteiger partial charge < -0.3 is 14.8 Å². The van der Waals surface area contributed by atoms with Gasteiger partial charge in [0.15, 0.2) is 0 Å². The van der Waals surface area contributed by atoms with E-state index in [1.165, 1.54) is 0 Å². The minimum absolute atomic E-state index is 0.125. The van der Waals surface area contributed by atoms with Gasteiger partial charge in [-0.1, -0.05) is 18.9 Å². The smallest absolute Gasteiger partial charge is 0.277 e. The molecule has 1 saturated carbocycles. The first-order valence-electron chi connectivity index (χ1n) is 11.4. The van der Waals surface area contributed by atoms with Crippen LogP contribution in [-0.2, 0) is 11.3 Å². The van der Waals surface area contributed by atoms with E-state index in [1.807, 2.05) is 17.5 Å². The lowest BCUT2D eigenvalue weighted by Gasteiger charge is -2.43. The minimum atomic E-state index is -1.20. The Bertz CT molecular complexity index is 1220. The summed E-state index contributed by atoms with van der Waals surface area (Å²) in [6, 6.07) is 11.1. The number of rotatable bonds is 6. The average Bonchev–Trinajstić information content (AvgIpc) is 3.61. The molecule has 0 spiro atoms. The third kappa shape index (κ3) is 3.73. The predicted octanol–water partition coefficient (Wildman–Crippen LogP) is 4.11. The molecule has 1 N–H and O–H groups in total. The molecule has 8 nitrogen and oxygen atoms in total. The van der Waals surface area contributed by atoms with E-state index in [0.717, 1.165) is 36.3 Å². The van der Waals surface area contributed by atoms with Crippen LogP contribution in [0.25, 0.3) is 10.6 Å². The first-order valence-corrected chi connectivity index (χ1v) is 12.3. The van der Waals surface area contributed by atoms with Crippen molar-refractivity contribution in [2.75, 3.05) is 19.1 Å². The van der Waals surface area contributed by atoms with Gasteiger partial charge in [0.25, 0.3) is 5.91 Å². The quantitative estimate of drug-likeness (QED) is 0.574. The molecule has 0 radical (unpaired) electrons. The number of thiophene rings is 1. The van der Waals surface area contributed by atoms with Crippen molar-refractivity contribution in [3.8, 4) is 22.1 Å². The molecule has 1 aliphatic carbocycles. The molecule has 0 unspecified atom stereocenters. The van der Waals surface area contributed by atoms with Crippen molar-refractivity contribution in [1.29, 1.82) is 0 Å². The average molecular weight is 481 g/mol. The number of aromatic nitrogens is 2. The van der Waals surface area contributed by atoms with Gasteiger partial charge in [0.05, 0.1) is 31.3 Å². The van der Waals surface area contributed by atoms with E-state index in [2.05, 4.69) is 5.32 Å². The van der Waals surface area contributed by atoms with Gasteiger partial charge in [-0.05, 0) is 49.4 Å². The van der Waals surface area contributed by atoms with Crippen LogP contribution in [0.4, 0.5) is 5.69 Å². The lowest BCUT2D eigenvalue weighted by atomic mass is 9.93. The molecule has 1 fully saturated rings. The molecule has 1 aromatic carbocycles. The first-order chi connectivity index (χ1) is 16.4. The zero-order chi connectivity index (χ0) is 23.9. The SMILES string of the molecule is COc1ccc(N2C(=O)c3cc(-c4cccs4)nn3C[C@@]2(C)C(=O)NC2CCCC2)c(OC)c1. The number of methoxy groups -OCH3 is 2. The van der Waals surface area contributed by atoms with E-state index in [0.29, 0.717) is 22.9 Å². The number of hydrogen-bond donors (Lipinski definition) is 1. The number of anilines is 1. The number of nitrogens with one attached hydrogen (secondary N) is 1. The van der Waals surface area contributed by atoms with E-state index < -0.39 is 5.54 Å². The standard InChI is InChI=1S/C25H28N4O4S/c1-25(24(31)26-16-7-4-5-8-16)15-28-20(14-18(27-28)22-9-6-12-34-22)23(30)29(25)19-11-10-17(32-2)13-21(19)33-3/h6,9-14,16H,4-5,7-8,15H2,1-3H3,(H,26,31)/t25-/m0/s1. The van der Waals surface area contributed by atoms with Gasteiger partial charge in [0.1, 0.15) is 28.4 Å². The zero-order valence-corrected chi connectivity index (χ0v) is 20.4. The second kappa shape index (κ2) is 8.79. The Labute approximate surface area is 202 Å². The van der Waals surface area contributed by atoms with E-state index in [4.69, 9.17) is 14.6 Å². The van der Waals surface area contributed by atoms with Crippen molar-refractivity contribution in [3.05, 3.63) is 47.5 Å². The summed E-state index contributed by atoms with van der Waals surface area (Å²) in [7, 11) is 3.12. The third-order valence-corrected chi connectivity index (χ3v) is 7.63. The molecule has 0 saturated heterocycles. The van der Waals surface area contributed by atoms with Crippen LogP contribution < -0.4 is 19.7 Å². The number of carbonyl (C=O) groups excluding carboxylic acids is 2. The van der Waals surface area contributed by atoms with Gasteiger partial charge >= 0.3 is 0 Å². The Morgan fingerprint density at radius 3 is 2.65 bits per heavy atom. The number of carbonyl (C=O) groups is 2. The maximum Gasteiger partial charge on any atom is 0.277 e. The fourth-order valence-corrected chi connectivity index (χ4v) is 5.57. The Balaban J connectivity index is 1.61. The van der Waals surface area contributed by atoms with Gasteiger partial charge in [0.2, 0.25) is 5.91 Å². The Morgan fingerprint density at radius 2 is 1.97 bits per heavy atom. The number of hydrogen-bond acceptors (Lipinski definition) is 6. The molecule has 1 atom stereocenters. The second-order valence-electron chi connectivity index (χ2n) is 8.96. The molecule has 178 valence electrons. The summed E-state index contributed by atoms with van der Waals surface area (Å²) < 4.78 is 12.6. The maximum absolute atomic E-state index is 14.0. The third-order valence-electron chi connectivity index (χ3n) is 6.73. The van der Waals surface area contributed by atoms with E-state index >= 15 is 0 Å². The topological polar surface area (TPSA) is 85.7 Å². The molecule has 5 rings (SSSR count). The monoisotopic (exact) mass is 480 g/mol. The molecule has 9 heteroatoms. The van der Waals surface area contributed by atoms with Crippen LogP contribution in [-0.4, -0.2) is 47.4 Å².